The summed E-state index contributed by atoms with van der Waals surface area (Å²) in [4.78, 5) is 0. The Morgan fingerprint density at radius 2 is 1.84 bits per heavy atom. The summed E-state index contributed by atoms with van der Waals surface area (Å²) in [6.45, 7) is 1.35. The number of hydrogen-bond donors (Lipinski definition) is 2. The lowest BCUT2D eigenvalue weighted by Gasteiger charge is -2.36. The summed E-state index contributed by atoms with van der Waals surface area (Å²) in [5.74, 6) is 0.695. The first-order valence-corrected chi connectivity index (χ1v) is 7.72. The zero-order valence-electron chi connectivity index (χ0n) is 11.6. The fourth-order valence-corrected chi connectivity index (χ4v) is 3.53. The molecule has 2 fully saturated rings. The zero-order valence-corrected chi connectivity index (χ0v) is 11.6. The van der Waals surface area contributed by atoms with Crippen molar-refractivity contribution < 1.29 is 5.11 Å². The number of aliphatic hydroxyl groups excluding tert-OH is 1. The van der Waals surface area contributed by atoms with Crippen LogP contribution in [0.2, 0.25) is 0 Å². The average molecular weight is 259 g/mol. The summed E-state index contributed by atoms with van der Waals surface area (Å²) in [6.07, 6.45) is 7.56. The predicted molar refractivity (Wildman–Crippen MR) is 78.2 cm³/mol. The van der Waals surface area contributed by atoms with Crippen molar-refractivity contribution in [3.8, 4) is 0 Å². The van der Waals surface area contributed by atoms with Gasteiger partial charge in [0, 0.05) is 30.5 Å². The van der Waals surface area contributed by atoms with E-state index >= 15 is 0 Å². The molecule has 19 heavy (non-hydrogen) atoms. The van der Waals surface area contributed by atoms with Crippen molar-refractivity contribution >= 4 is 0 Å². The van der Waals surface area contributed by atoms with Gasteiger partial charge in [0.25, 0.3) is 0 Å². The molecule has 2 atom stereocenters. The minimum atomic E-state index is 0.169. The van der Waals surface area contributed by atoms with Crippen LogP contribution in [0.3, 0.4) is 0 Å². The van der Waals surface area contributed by atoms with Crippen LogP contribution in [0.15, 0.2) is 30.3 Å². The molecule has 0 aliphatic heterocycles. The maximum atomic E-state index is 9.72. The minimum absolute atomic E-state index is 0.169. The molecule has 1 aromatic rings. The minimum Gasteiger partial charge on any atom is -0.396 e. The van der Waals surface area contributed by atoms with E-state index in [4.69, 9.17) is 0 Å². The molecule has 0 spiro atoms. The van der Waals surface area contributed by atoms with E-state index < -0.39 is 0 Å². The Bertz CT molecular complexity index is 397. The van der Waals surface area contributed by atoms with Gasteiger partial charge in [-0.1, -0.05) is 49.6 Å². The highest BCUT2D eigenvalue weighted by atomic mass is 16.3. The summed E-state index contributed by atoms with van der Waals surface area (Å²) in [5, 5.41) is 13.4. The average Bonchev–Trinajstić information content (AvgIpc) is 3.27. The Balaban J connectivity index is 1.51. The second kappa shape index (κ2) is 5.64. The lowest BCUT2D eigenvalue weighted by Crippen LogP contribution is -2.40. The first kappa shape index (κ1) is 13.1. The smallest absolute Gasteiger partial charge is 0.0499 e. The molecule has 0 bridgehead atoms. The third kappa shape index (κ3) is 3.01. The Morgan fingerprint density at radius 1 is 1.11 bits per heavy atom. The van der Waals surface area contributed by atoms with E-state index in [2.05, 4.69) is 35.6 Å². The van der Waals surface area contributed by atoms with E-state index in [1.807, 2.05) is 0 Å². The second-order valence-corrected chi connectivity index (χ2v) is 6.46. The van der Waals surface area contributed by atoms with Gasteiger partial charge in [0.15, 0.2) is 0 Å². The zero-order chi connectivity index (χ0) is 13.1. The molecule has 2 heteroatoms. The lowest BCUT2D eigenvalue weighted by atomic mass is 9.74. The van der Waals surface area contributed by atoms with Crippen LogP contribution in [-0.2, 0) is 0 Å². The molecule has 2 unspecified atom stereocenters. The molecule has 0 radical (unpaired) electrons. The highest BCUT2D eigenvalue weighted by molar-refractivity contribution is 5.27. The lowest BCUT2D eigenvalue weighted by molar-refractivity contribution is 0.0809. The summed E-state index contributed by atoms with van der Waals surface area (Å²) in [5.41, 5.74) is 1.63. The normalized spacial score (nSPS) is 29.1. The molecule has 0 saturated heterocycles. The maximum absolute atomic E-state index is 9.72. The fourth-order valence-electron chi connectivity index (χ4n) is 3.53. The molecule has 2 aliphatic carbocycles. The van der Waals surface area contributed by atoms with E-state index in [9.17, 15) is 5.11 Å². The molecule has 1 aromatic carbocycles. The van der Waals surface area contributed by atoms with E-state index in [0.29, 0.717) is 18.6 Å². The Labute approximate surface area is 116 Å². The second-order valence-electron chi connectivity index (χ2n) is 6.46. The van der Waals surface area contributed by atoms with Crippen LogP contribution in [0.5, 0.6) is 0 Å². The first-order valence-electron chi connectivity index (χ1n) is 7.72. The molecule has 2 aliphatic rings. The Hall–Kier alpha value is -0.860. The molecule has 0 amide bonds. The van der Waals surface area contributed by atoms with Crippen molar-refractivity contribution in [3.63, 3.8) is 0 Å². The van der Waals surface area contributed by atoms with Gasteiger partial charge in [-0.25, -0.2) is 0 Å². The van der Waals surface area contributed by atoms with Crippen molar-refractivity contribution in [2.24, 2.45) is 5.41 Å². The molecule has 2 saturated carbocycles. The SMILES string of the molecule is OCC1(CNC2CC2c2ccccc2)CCCCC1. The third-order valence-corrected chi connectivity index (χ3v) is 5.01. The van der Waals surface area contributed by atoms with Crippen LogP contribution < -0.4 is 5.32 Å². The van der Waals surface area contributed by atoms with Crippen LogP contribution in [-0.4, -0.2) is 24.3 Å². The van der Waals surface area contributed by atoms with Crippen LogP contribution in [0.1, 0.15) is 50.0 Å². The van der Waals surface area contributed by atoms with Crippen molar-refractivity contribution in [3.05, 3.63) is 35.9 Å². The Morgan fingerprint density at radius 3 is 2.53 bits per heavy atom. The number of benzene rings is 1. The topological polar surface area (TPSA) is 32.3 Å². The van der Waals surface area contributed by atoms with Crippen LogP contribution >= 0.6 is 0 Å². The van der Waals surface area contributed by atoms with Crippen molar-refractivity contribution in [2.75, 3.05) is 13.2 Å². The Kier molecular flexibility index (Phi) is 3.90. The third-order valence-electron chi connectivity index (χ3n) is 5.01. The van der Waals surface area contributed by atoms with Gasteiger partial charge in [-0.05, 0) is 24.8 Å². The van der Waals surface area contributed by atoms with Gasteiger partial charge in [-0.2, -0.15) is 0 Å². The standard InChI is InChI=1S/C17H25NO/c19-13-17(9-5-2-6-10-17)12-18-16-11-15(16)14-7-3-1-4-8-14/h1,3-4,7-8,15-16,18-19H,2,5-6,9-13H2. The molecular formula is C17H25NO. The van der Waals surface area contributed by atoms with Gasteiger partial charge in [0.1, 0.15) is 0 Å². The van der Waals surface area contributed by atoms with Crippen LogP contribution in [0.25, 0.3) is 0 Å². The molecular weight excluding hydrogens is 234 g/mol. The van der Waals surface area contributed by atoms with Crippen LogP contribution in [0.4, 0.5) is 0 Å². The van der Waals surface area contributed by atoms with Gasteiger partial charge in [-0.15, -0.1) is 0 Å². The molecule has 2 nitrogen and oxygen atoms in total. The van der Waals surface area contributed by atoms with Crippen molar-refractivity contribution in [2.45, 2.75) is 50.5 Å². The molecule has 3 rings (SSSR count). The van der Waals surface area contributed by atoms with Gasteiger partial charge in [0.05, 0.1) is 0 Å². The highest BCUT2D eigenvalue weighted by Gasteiger charge is 2.40. The van der Waals surface area contributed by atoms with E-state index in [-0.39, 0.29) is 5.41 Å². The number of rotatable bonds is 5. The highest BCUT2D eigenvalue weighted by Crippen LogP contribution is 2.42. The summed E-state index contributed by atoms with van der Waals surface area (Å²) in [6, 6.07) is 11.4. The molecule has 0 aromatic heterocycles. The number of hydrogen-bond acceptors (Lipinski definition) is 2. The summed E-state index contributed by atoms with van der Waals surface area (Å²) in [7, 11) is 0. The van der Waals surface area contributed by atoms with E-state index in [0.717, 1.165) is 6.54 Å². The van der Waals surface area contributed by atoms with Gasteiger partial charge >= 0.3 is 0 Å². The fraction of sp³-hybridized carbons (Fsp3) is 0.647. The molecule has 104 valence electrons. The largest absolute Gasteiger partial charge is 0.396 e. The quantitative estimate of drug-likeness (QED) is 0.851. The van der Waals surface area contributed by atoms with Crippen molar-refractivity contribution in [1.82, 2.24) is 5.32 Å². The van der Waals surface area contributed by atoms with Crippen molar-refractivity contribution in [1.29, 1.82) is 0 Å². The summed E-state index contributed by atoms with van der Waals surface area (Å²) >= 11 is 0. The van der Waals surface area contributed by atoms with E-state index in [1.165, 1.54) is 44.1 Å². The van der Waals surface area contributed by atoms with Crippen LogP contribution in [0, 0.1) is 5.41 Å². The molecule has 0 heterocycles. The van der Waals surface area contributed by atoms with E-state index in [1.54, 1.807) is 0 Å². The number of aliphatic hydroxyl groups is 1. The van der Waals surface area contributed by atoms with Gasteiger partial charge in [-0.3, -0.25) is 0 Å². The molecule has 2 N–H and O–H groups in total. The monoisotopic (exact) mass is 259 g/mol. The van der Waals surface area contributed by atoms with Gasteiger partial charge < -0.3 is 10.4 Å². The first-order chi connectivity index (χ1) is 9.33. The predicted octanol–water partition coefficient (Wildman–Crippen LogP) is 3.07. The summed E-state index contributed by atoms with van der Waals surface area (Å²) < 4.78 is 0. The van der Waals surface area contributed by atoms with Gasteiger partial charge in [0.2, 0.25) is 0 Å². The number of nitrogens with one attached hydrogen (secondary N) is 1. The maximum Gasteiger partial charge on any atom is 0.0499 e.